The van der Waals surface area contributed by atoms with Crippen molar-refractivity contribution in [3.05, 3.63) is 59.1 Å². The van der Waals surface area contributed by atoms with E-state index >= 15 is 0 Å². The van der Waals surface area contributed by atoms with Crippen LogP contribution in [-0.2, 0) is 4.79 Å². The molecule has 24 heavy (non-hydrogen) atoms. The lowest BCUT2D eigenvalue weighted by Gasteiger charge is -2.22. The van der Waals surface area contributed by atoms with Gasteiger partial charge in [0.15, 0.2) is 6.10 Å². The maximum Gasteiger partial charge on any atom is 0.261 e. The summed E-state index contributed by atoms with van der Waals surface area (Å²) >= 11 is 6.10. The summed E-state index contributed by atoms with van der Waals surface area (Å²) in [7, 11) is 1.61. The molecule has 1 amide bonds. The molecule has 0 aliphatic heterocycles. The van der Waals surface area contributed by atoms with Gasteiger partial charge in [0, 0.05) is 5.56 Å². The lowest BCUT2D eigenvalue weighted by Crippen LogP contribution is -2.39. The molecule has 0 aromatic heterocycles. The lowest BCUT2D eigenvalue weighted by molar-refractivity contribution is -0.128. The number of hydrogen-bond acceptors (Lipinski definition) is 3. The van der Waals surface area contributed by atoms with Crippen molar-refractivity contribution in [3.63, 3.8) is 0 Å². The molecule has 0 radical (unpaired) electrons. The molecule has 0 aliphatic carbocycles. The molecule has 2 aromatic rings. The summed E-state index contributed by atoms with van der Waals surface area (Å²) in [6, 6.07) is 14.5. The standard InChI is InChI=1S/C19H22ClNO3/c1-4-16(24-18-12-8-6-10-15(18)20)19(22)21-13(2)14-9-5-7-11-17(14)23-3/h5-13,16H,4H2,1-3H3,(H,21,22)/t13-,16+/m1/s1. The van der Waals surface area contributed by atoms with Crippen LogP contribution in [0, 0.1) is 0 Å². The number of ether oxygens (including phenoxy) is 2. The third-order valence-electron chi connectivity index (χ3n) is 3.73. The Kier molecular flexibility index (Phi) is 6.50. The highest BCUT2D eigenvalue weighted by Gasteiger charge is 2.22. The van der Waals surface area contributed by atoms with E-state index in [1.54, 1.807) is 19.2 Å². The highest BCUT2D eigenvalue weighted by molar-refractivity contribution is 6.32. The summed E-state index contributed by atoms with van der Waals surface area (Å²) < 4.78 is 11.1. The Bertz CT molecular complexity index is 690. The summed E-state index contributed by atoms with van der Waals surface area (Å²) in [5.74, 6) is 1.06. The number of nitrogens with one attached hydrogen (secondary N) is 1. The van der Waals surface area contributed by atoms with Crippen LogP contribution in [-0.4, -0.2) is 19.1 Å². The summed E-state index contributed by atoms with van der Waals surface area (Å²) in [4.78, 5) is 12.6. The molecule has 5 heteroatoms. The van der Waals surface area contributed by atoms with E-state index in [1.165, 1.54) is 0 Å². The van der Waals surface area contributed by atoms with Crippen molar-refractivity contribution in [2.45, 2.75) is 32.4 Å². The van der Waals surface area contributed by atoms with Gasteiger partial charge in [-0.2, -0.15) is 0 Å². The van der Waals surface area contributed by atoms with Crippen molar-refractivity contribution in [2.24, 2.45) is 0 Å². The van der Waals surface area contributed by atoms with Gasteiger partial charge >= 0.3 is 0 Å². The van der Waals surface area contributed by atoms with Crippen molar-refractivity contribution in [3.8, 4) is 11.5 Å². The van der Waals surface area contributed by atoms with E-state index in [2.05, 4.69) is 5.32 Å². The molecule has 0 bridgehead atoms. The van der Waals surface area contributed by atoms with Gasteiger partial charge in [0.05, 0.1) is 18.2 Å². The minimum absolute atomic E-state index is 0.184. The van der Waals surface area contributed by atoms with Crippen molar-refractivity contribution < 1.29 is 14.3 Å². The first kappa shape index (κ1) is 18.1. The minimum Gasteiger partial charge on any atom is -0.496 e. The van der Waals surface area contributed by atoms with E-state index in [4.69, 9.17) is 21.1 Å². The van der Waals surface area contributed by atoms with Crippen LogP contribution in [0.2, 0.25) is 5.02 Å². The van der Waals surface area contributed by atoms with Gasteiger partial charge < -0.3 is 14.8 Å². The first-order valence-electron chi connectivity index (χ1n) is 7.91. The van der Waals surface area contributed by atoms with Crippen molar-refractivity contribution in [2.75, 3.05) is 7.11 Å². The van der Waals surface area contributed by atoms with Gasteiger partial charge in [0.2, 0.25) is 0 Å². The molecule has 0 saturated carbocycles. The molecule has 0 fully saturated rings. The predicted octanol–water partition coefficient (Wildman–Crippen LogP) is 4.38. The normalized spacial score (nSPS) is 13.0. The topological polar surface area (TPSA) is 47.6 Å². The molecular formula is C19H22ClNO3. The smallest absolute Gasteiger partial charge is 0.261 e. The monoisotopic (exact) mass is 347 g/mol. The first-order chi connectivity index (χ1) is 11.6. The number of amides is 1. The number of carbonyl (C=O) groups is 1. The molecule has 2 atom stereocenters. The van der Waals surface area contributed by atoms with Gasteiger partial charge in [-0.3, -0.25) is 4.79 Å². The average molecular weight is 348 g/mol. The summed E-state index contributed by atoms with van der Waals surface area (Å²) in [6.45, 7) is 3.81. The zero-order valence-corrected chi connectivity index (χ0v) is 14.8. The molecule has 2 aromatic carbocycles. The van der Waals surface area contributed by atoms with Crippen LogP contribution in [0.15, 0.2) is 48.5 Å². The van der Waals surface area contributed by atoms with Crippen LogP contribution in [0.3, 0.4) is 0 Å². The van der Waals surface area contributed by atoms with E-state index in [-0.39, 0.29) is 11.9 Å². The van der Waals surface area contributed by atoms with E-state index < -0.39 is 6.10 Å². The van der Waals surface area contributed by atoms with Gasteiger partial charge in [-0.15, -0.1) is 0 Å². The fourth-order valence-electron chi connectivity index (χ4n) is 2.42. The largest absolute Gasteiger partial charge is 0.496 e. The van der Waals surface area contributed by atoms with Crippen LogP contribution in [0.4, 0.5) is 0 Å². The summed E-state index contributed by atoms with van der Waals surface area (Å²) in [5.41, 5.74) is 0.918. The van der Waals surface area contributed by atoms with Gasteiger partial charge in [0.25, 0.3) is 5.91 Å². The van der Waals surface area contributed by atoms with Gasteiger partial charge in [-0.25, -0.2) is 0 Å². The number of rotatable bonds is 7. The molecule has 128 valence electrons. The van der Waals surface area contributed by atoms with Gasteiger partial charge in [-0.1, -0.05) is 48.9 Å². The van der Waals surface area contributed by atoms with Crippen molar-refractivity contribution in [1.82, 2.24) is 5.32 Å². The highest BCUT2D eigenvalue weighted by atomic mass is 35.5. The highest BCUT2D eigenvalue weighted by Crippen LogP contribution is 2.26. The zero-order chi connectivity index (χ0) is 17.5. The molecular weight excluding hydrogens is 326 g/mol. The summed E-state index contributed by atoms with van der Waals surface area (Å²) in [5, 5.41) is 3.46. The maximum atomic E-state index is 12.6. The number of halogens is 1. The minimum atomic E-state index is -0.609. The Morgan fingerprint density at radius 1 is 1.12 bits per heavy atom. The molecule has 0 saturated heterocycles. The Hall–Kier alpha value is -2.20. The molecule has 0 heterocycles. The number of hydrogen-bond donors (Lipinski definition) is 1. The van der Waals surface area contributed by atoms with Crippen LogP contribution < -0.4 is 14.8 Å². The second-order valence-corrected chi connectivity index (χ2v) is 5.82. The molecule has 2 rings (SSSR count). The predicted molar refractivity (Wildman–Crippen MR) is 95.7 cm³/mol. The third kappa shape index (κ3) is 4.42. The molecule has 0 unspecified atom stereocenters. The van der Waals surface area contributed by atoms with E-state index in [9.17, 15) is 4.79 Å². The van der Waals surface area contributed by atoms with E-state index in [0.29, 0.717) is 17.2 Å². The van der Waals surface area contributed by atoms with Crippen molar-refractivity contribution in [1.29, 1.82) is 0 Å². The third-order valence-corrected chi connectivity index (χ3v) is 4.05. The van der Waals surface area contributed by atoms with E-state index in [0.717, 1.165) is 11.3 Å². The number of methoxy groups -OCH3 is 1. The Morgan fingerprint density at radius 3 is 2.38 bits per heavy atom. The molecule has 0 aliphatic rings. The van der Waals surface area contributed by atoms with Crippen LogP contribution in [0.25, 0.3) is 0 Å². The Balaban J connectivity index is 2.07. The number of benzene rings is 2. The molecule has 0 spiro atoms. The van der Waals surface area contributed by atoms with Gasteiger partial charge in [0.1, 0.15) is 11.5 Å². The first-order valence-corrected chi connectivity index (χ1v) is 8.29. The number of carbonyl (C=O) groups excluding carboxylic acids is 1. The van der Waals surface area contributed by atoms with Crippen LogP contribution >= 0.6 is 11.6 Å². The quantitative estimate of drug-likeness (QED) is 0.808. The molecule has 1 N–H and O–H groups in total. The fourth-order valence-corrected chi connectivity index (χ4v) is 2.60. The second-order valence-electron chi connectivity index (χ2n) is 5.42. The summed E-state index contributed by atoms with van der Waals surface area (Å²) in [6.07, 6.45) is -0.0718. The maximum absolute atomic E-state index is 12.6. The van der Waals surface area contributed by atoms with Crippen LogP contribution in [0.5, 0.6) is 11.5 Å². The zero-order valence-electron chi connectivity index (χ0n) is 14.1. The second kappa shape index (κ2) is 8.60. The van der Waals surface area contributed by atoms with E-state index in [1.807, 2.05) is 50.2 Å². The SMILES string of the molecule is CC[C@H](Oc1ccccc1Cl)C(=O)N[C@H](C)c1ccccc1OC. The Labute approximate surface area is 147 Å². The van der Waals surface area contributed by atoms with Crippen LogP contribution in [0.1, 0.15) is 31.9 Å². The average Bonchev–Trinajstić information content (AvgIpc) is 2.60. The van der Waals surface area contributed by atoms with Gasteiger partial charge in [-0.05, 0) is 31.5 Å². The Morgan fingerprint density at radius 2 is 1.75 bits per heavy atom. The lowest BCUT2D eigenvalue weighted by atomic mass is 10.1. The fraction of sp³-hybridized carbons (Fsp3) is 0.316. The molecule has 4 nitrogen and oxygen atoms in total. The van der Waals surface area contributed by atoms with Crippen molar-refractivity contribution >= 4 is 17.5 Å². The number of para-hydroxylation sites is 2.